The van der Waals surface area contributed by atoms with E-state index in [2.05, 4.69) is 32.9 Å². The van der Waals surface area contributed by atoms with Crippen molar-refractivity contribution in [2.75, 3.05) is 39.4 Å². The molecule has 0 aromatic heterocycles. The molecule has 0 aliphatic carbocycles. The smallest absolute Gasteiger partial charge is 0.0934 e. The van der Waals surface area contributed by atoms with Crippen LogP contribution in [0.25, 0.3) is 0 Å². The van der Waals surface area contributed by atoms with Crippen LogP contribution in [-0.4, -0.2) is 45.7 Å². The summed E-state index contributed by atoms with van der Waals surface area (Å²) in [5.74, 6) is 0. The highest BCUT2D eigenvalue weighted by molar-refractivity contribution is 8.44. The monoisotopic (exact) mass is 279 g/mol. The molecular formula is C12H26OP3+. The second-order valence-electron chi connectivity index (χ2n) is 4.20. The molecule has 1 unspecified atom stereocenters. The van der Waals surface area contributed by atoms with Crippen molar-refractivity contribution < 1.29 is 4.74 Å². The van der Waals surface area contributed by atoms with E-state index in [9.17, 15) is 0 Å². The Bertz CT molecular complexity index is 267. The Balaban J connectivity index is 3.70. The van der Waals surface area contributed by atoms with Gasteiger partial charge in [0.15, 0.2) is 0 Å². The maximum absolute atomic E-state index is 5.51. The Morgan fingerprint density at radius 3 is 2.50 bits per heavy atom. The van der Waals surface area contributed by atoms with Crippen LogP contribution in [-0.2, 0) is 4.74 Å². The Labute approximate surface area is 104 Å². The van der Waals surface area contributed by atoms with Gasteiger partial charge in [0.25, 0.3) is 0 Å². The second kappa shape index (κ2) is 9.61. The van der Waals surface area contributed by atoms with Gasteiger partial charge in [-0.2, -0.15) is 0 Å². The molecule has 0 aromatic carbocycles. The van der Waals surface area contributed by atoms with Gasteiger partial charge in [0, 0.05) is 19.4 Å². The van der Waals surface area contributed by atoms with Gasteiger partial charge in [-0.3, -0.25) is 0 Å². The van der Waals surface area contributed by atoms with E-state index in [0.717, 1.165) is 19.6 Å². The number of rotatable bonds is 9. The molecule has 94 valence electrons. The average molecular weight is 279 g/mol. The molecule has 0 fully saturated rings. The van der Waals surface area contributed by atoms with Crippen molar-refractivity contribution in [3.8, 4) is 0 Å². The zero-order chi connectivity index (χ0) is 12.4. The molecule has 1 nitrogen and oxygen atoms in total. The summed E-state index contributed by atoms with van der Waals surface area (Å²) in [5.41, 5.74) is 0. The Morgan fingerprint density at radius 2 is 2.00 bits per heavy atom. The van der Waals surface area contributed by atoms with Crippen molar-refractivity contribution in [1.82, 2.24) is 0 Å². The molecule has 0 rings (SSSR count). The molecule has 0 N–H and O–H groups in total. The summed E-state index contributed by atoms with van der Waals surface area (Å²) in [7, 11) is 1.62. The van der Waals surface area contributed by atoms with E-state index < -0.39 is 6.24 Å². The molecule has 0 aliphatic rings. The molecule has 0 heterocycles. The zero-order valence-electron chi connectivity index (χ0n) is 11.0. The minimum atomic E-state index is -0.729. The third-order valence-electron chi connectivity index (χ3n) is 2.75. The van der Waals surface area contributed by atoms with Crippen molar-refractivity contribution in [3.63, 3.8) is 0 Å². The molecule has 0 radical (unpaired) electrons. The maximum atomic E-state index is 5.51. The summed E-state index contributed by atoms with van der Waals surface area (Å²) < 4.78 is 5.51. The van der Waals surface area contributed by atoms with Gasteiger partial charge in [-0.05, 0) is 33.8 Å². The molecule has 0 saturated carbocycles. The van der Waals surface area contributed by atoms with Gasteiger partial charge >= 0.3 is 0 Å². The van der Waals surface area contributed by atoms with Crippen molar-refractivity contribution in [1.29, 1.82) is 0 Å². The normalized spacial score (nSPS) is 14.7. The predicted octanol–water partition coefficient (Wildman–Crippen LogP) is 4.96. The van der Waals surface area contributed by atoms with Gasteiger partial charge in [0.05, 0.1) is 26.8 Å². The maximum Gasteiger partial charge on any atom is 0.0934 e. The lowest BCUT2D eigenvalue weighted by Crippen LogP contribution is -1.97. The summed E-state index contributed by atoms with van der Waals surface area (Å²) in [5, 5.41) is 0. The van der Waals surface area contributed by atoms with Crippen LogP contribution in [0.5, 0.6) is 0 Å². The summed E-state index contributed by atoms with van der Waals surface area (Å²) in [6.07, 6.45) is 10.2. The van der Waals surface area contributed by atoms with Crippen LogP contribution in [0.1, 0.15) is 19.3 Å². The van der Waals surface area contributed by atoms with E-state index >= 15 is 0 Å². The molecular weight excluding hydrogens is 253 g/mol. The fourth-order valence-corrected chi connectivity index (χ4v) is 8.41. The van der Waals surface area contributed by atoms with Crippen molar-refractivity contribution in [2.45, 2.75) is 19.3 Å². The average Bonchev–Trinajstić information content (AvgIpc) is 2.27. The first-order chi connectivity index (χ1) is 7.56. The highest BCUT2D eigenvalue weighted by Gasteiger charge is 2.17. The highest BCUT2D eigenvalue weighted by Crippen LogP contribution is 2.68. The summed E-state index contributed by atoms with van der Waals surface area (Å²) >= 11 is 0. The largest absolute Gasteiger partial charge is 0.381 e. The predicted molar refractivity (Wildman–Crippen MR) is 85.4 cm³/mol. The number of ether oxygens (including phenoxy) is 1. The first kappa shape index (κ1) is 16.6. The standard InChI is InChI=1S/C12H26OP3/c1-6-7-10-13-11-8-9-12-16(5,14-2)15(3)4/h6H,1-2,7-12H2,3-5H3/q+1. The molecule has 0 amide bonds. The fraction of sp³-hybridized carbons (Fsp3) is 0.750. The van der Waals surface area contributed by atoms with Crippen LogP contribution in [0, 0.1) is 0 Å². The van der Waals surface area contributed by atoms with Crippen LogP contribution in [0.2, 0.25) is 0 Å². The van der Waals surface area contributed by atoms with Crippen LogP contribution < -0.4 is 0 Å². The molecule has 0 spiro atoms. The Kier molecular flexibility index (Phi) is 9.97. The lowest BCUT2D eigenvalue weighted by molar-refractivity contribution is 0.136. The summed E-state index contributed by atoms with van der Waals surface area (Å²) in [4.78, 5) is 0. The lowest BCUT2D eigenvalue weighted by atomic mass is 10.3. The van der Waals surface area contributed by atoms with Gasteiger partial charge in [0.1, 0.15) is 0 Å². The molecule has 0 bridgehead atoms. The first-order valence-corrected chi connectivity index (χ1v) is 12.9. The van der Waals surface area contributed by atoms with E-state index in [1.807, 2.05) is 6.08 Å². The SMILES string of the molecule is C=CCCOCCCCP(C)(P=C)=[P+](C)C. The van der Waals surface area contributed by atoms with Crippen LogP contribution >= 0.6 is 21.3 Å². The molecule has 16 heavy (non-hydrogen) atoms. The topological polar surface area (TPSA) is 9.23 Å². The van der Waals surface area contributed by atoms with E-state index in [1.54, 1.807) is 0 Å². The minimum absolute atomic E-state index is 0.206. The quantitative estimate of drug-likeness (QED) is 0.329. The lowest BCUT2D eigenvalue weighted by Gasteiger charge is -2.10. The third kappa shape index (κ3) is 7.03. The number of unbranched alkanes of at least 4 members (excludes halogenated alkanes) is 1. The van der Waals surface area contributed by atoms with E-state index in [1.165, 1.54) is 26.9 Å². The van der Waals surface area contributed by atoms with Crippen LogP contribution in [0.15, 0.2) is 12.7 Å². The molecule has 0 aromatic rings. The van der Waals surface area contributed by atoms with E-state index in [4.69, 9.17) is 4.74 Å². The number of hydrogen-bond donors (Lipinski definition) is 0. The Morgan fingerprint density at radius 1 is 1.31 bits per heavy atom. The Hall–Kier alpha value is 0.600. The molecule has 0 saturated heterocycles. The minimum Gasteiger partial charge on any atom is -0.381 e. The molecule has 0 aliphatic heterocycles. The van der Waals surface area contributed by atoms with Gasteiger partial charge in [-0.1, -0.05) is 12.4 Å². The summed E-state index contributed by atoms with van der Waals surface area (Å²) in [6, 6.07) is 0. The van der Waals surface area contributed by atoms with Gasteiger partial charge < -0.3 is 4.74 Å². The van der Waals surface area contributed by atoms with Crippen LogP contribution in [0.4, 0.5) is 0 Å². The van der Waals surface area contributed by atoms with E-state index in [0.29, 0.717) is 0 Å². The second-order valence-corrected chi connectivity index (χ2v) is 18.3. The van der Waals surface area contributed by atoms with Crippen molar-refractivity contribution in [2.24, 2.45) is 0 Å². The van der Waals surface area contributed by atoms with Crippen molar-refractivity contribution >= 4 is 27.6 Å². The summed E-state index contributed by atoms with van der Waals surface area (Å²) in [6.45, 7) is 12.7. The van der Waals surface area contributed by atoms with Gasteiger partial charge in [-0.15, -0.1) is 6.58 Å². The number of hydrogen-bond acceptors (Lipinski definition) is 1. The van der Waals surface area contributed by atoms with Crippen LogP contribution in [0.3, 0.4) is 0 Å². The van der Waals surface area contributed by atoms with Gasteiger partial charge in [0.2, 0.25) is 0 Å². The first-order valence-electron chi connectivity index (χ1n) is 5.77. The van der Waals surface area contributed by atoms with Crippen molar-refractivity contribution in [3.05, 3.63) is 12.7 Å². The highest BCUT2D eigenvalue weighted by atomic mass is 32.3. The van der Waals surface area contributed by atoms with Gasteiger partial charge in [-0.25, -0.2) is 0 Å². The molecule has 1 atom stereocenters. The third-order valence-corrected chi connectivity index (χ3v) is 18.8. The molecule has 4 heteroatoms. The fourth-order valence-electron chi connectivity index (χ4n) is 1.28. The zero-order valence-corrected chi connectivity index (χ0v) is 13.7. The van der Waals surface area contributed by atoms with E-state index in [-0.39, 0.29) is 7.21 Å².